The summed E-state index contributed by atoms with van der Waals surface area (Å²) < 4.78 is 0. The summed E-state index contributed by atoms with van der Waals surface area (Å²) in [6.07, 6.45) is 0. The van der Waals surface area contributed by atoms with Gasteiger partial charge in [-0.05, 0) is 0 Å². The Morgan fingerprint density at radius 2 is 1.92 bits per heavy atom. The molecule has 1 aromatic rings. The molecule has 12 heavy (non-hydrogen) atoms. The van der Waals surface area contributed by atoms with Gasteiger partial charge in [0, 0.05) is 0 Å². The Labute approximate surface area is 66.3 Å². The number of amides is 2. The van der Waals surface area contributed by atoms with Crippen molar-refractivity contribution < 1.29 is 9.59 Å². The van der Waals surface area contributed by atoms with Crippen LogP contribution < -0.4 is 17.0 Å². The molecule has 0 bridgehead atoms. The van der Waals surface area contributed by atoms with Gasteiger partial charge in [0.1, 0.15) is 0 Å². The maximum Gasteiger partial charge on any atom is 0.288 e. The molecule has 0 aliphatic rings. The first-order valence-corrected chi connectivity index (χ1v) is 2.88. The Hall–Kier alpha value is -1.96. The van der Waals surface area contributed by atoms with Crippen LogP contribution in [0.2, 0.25) is 0 Å². The van der Waals surface area contributed by atoms with Gasteiger partial charge in [0.2, 0.25) is 0 Å². The second-order valence-corrected chi connectivity index (χ2v) is 1.86. The first-order valence-electron chi connectivity index (χ1n) is 2.88. The smallest absolute Gasteiger partial charge is 0.288 e. The highest BCUT2D eigenvalue weighted by molar-refractivity contribution is 6.03. The van der Waals surface area contributed by atoms with Crippen LogP contribution in [-0.4, -0.2) is 27.2 Å². The van der Waals surface area contributed by atoms with Crippen LogP contribution in [0, 0.1) is 0 Å². The van der Waals surface area contributed by atoms with Crippen molar-refractivity contribution >= 4 is 11.8 Å². The van der Waals surface area contributed by atoms with E-state index in [0.717, 1.165) is 0 Å². The molecule has 0 radical (unpaired) electrons. The SMILES string of the molecule is NNC(=O)c1n[nH]nc1C(N)=O. The third-order valence-corrected chi connectivity index (χ3v) is 1.13. The fourth-order valence-corrected chi connectivity index (χ4v) is 0.629. The standard InChI is InChI=1S/C4H6N6O2/c5-3(11)1-2(4(12)7-6)9-10-8-1/h6H2,(H2,5,11)(H,7,12)(H,8,9,10). The maximum atomic E-state index is 10.8. The molecule has 6 N–H and O–H groups in total. The third-order valence-electron chi connectivity index (χ3n) is 1.13. The molecule has 0 spiro atoms. The summed E-state index contributed by atoms with van der Waals surface area (Å²) in [7, 11) is 0. The number of carbonyl (C=O) groups is 2. The van der Waals surface area contributed by atoms with Crippen molar-refractivity contribution in [3.8, 4) is 0 Å². The molecule has 1 heterocycles. The molecule has 8 nitrogen and oxygen atoms in total. The number of aromatic nitrogens is 3. The molecule has 64 valence electrons. The van der Waals surface area contributed by atoms with E-state index in [1.54, 1.807) is 5.43 Å². The summed E-state index contributed by atoms with van der Waals surface area (Å²) in [6.45, 7) is 0. The van der Waals surface area contributed by atoms with Crippen LogP contribution in [0.3, 0.4) is 0 Å². The molecule has 0 aliphatic heterocycles. The van der Waals surface area contributed by atoms with Crippen LogP contribution >= 0.6 is 0 Å². The first-order chi connectivity index (χ1) is 5.66. The summed E-state index contributed by atoms with van der Waals surface area (Å²) in [5, 5.41) is 8.81. The molecule has 8 heteroatoms. The van der Waals surface area contributed by atoms with Crippen molar-refractivity contribution in [1.82, 2.24) is 20.8 Å². The van der Waals surface area contributed by atoms with Gasteiger partial charge in [-0.3, -0.25) is 15.0 Å². The zero-order valence-corrected chi connectivity index (χ0v) is 5.87. The Morgan fingerprint density at radius 1 is 1.33 bits per heavy atom. The monoisotopic (exact) mass is 170 g/mol. The largest absolute Gasteiger partial charge is 0.364 e. The van der Waals surface area contributed by atoms with Crippen LogP contribution in [0.1, 0.15) is 21.0 Å². The Morgan fingerprint density at radius 3 is 2.42 bits per heavy atom. The van der Waals surface area contributed by atoms with Crippen LogP contribution in [0.15, 0.2) is 0 Å². The van der Waals surface area contributed by atoms with Crippen LogP contribution in [0.25, 0.3) is 0 Å². The summed E-state index contributed by atoms with van der Waals surface area (Å²) in [5.41, 5.74) is 6.21. The van der Waals surface area contributed by atoms with E-state index in [2.05, 4.69) is 15.4 Å². The highest BCUT2D eigenvalue weighted by Crippen LogP contribution is 1.97. The first kappa shape index (κ1) is 8.14. The van der Waals surface area contributed by atoms with E-state index in [1.807, 2.05) is 0 Å². The van der Waals surface area contributed by atoms with Crippen LogP contribution in [0.4, 0.5) is 0 Å². The van der Waals surface area contributed by atoms with E-state index < -0.39 is 11.8 Å². The second-order valence-electron chi connectivity index (χ2n) is 1.86. The lowest BCUT2D eigenvalue weighted by molar-refractivity contribution is 0.0931. The predicted molar refractivity (Wildman–Crippen MR) is 36.6 cm³/mol. The van der Waals surface area contributed by atoms with Crippen molar-refractivity contribution in [1.29, 1.82) is 0 Å². The van der Waals surface area contributed by atoms with Crippen molar-refractivity contribution in [2.45, 2.75) is 0 Å². The predicted octanol–water partition coefficient (Wildman–Crippen LogP) is -2.49. The number of carbonyl (C=O) groups excluding carboxylic acids is 2. The molecule has 0 aromatic carbocycles. The average molecular weight is 170 g/mol. The fourth-order valence-electron chi connectivity index (χ4n) is 0.629. The van der Waals surface area contributed by atoms with Gasteiger partial charge in [0.15, 0.2) is 11.4 Å². The number of hydrazine groups is 1. The molecule has 1 rings (SSSR count). The number of aromatic amines is 1. The number of hydrogen-bond acceptors (Lipinski definition) is 5. The van der Waals surface area contributed by atoms with Gasteiger partial charge >= 0.3 is 0 Å². The Bertz CT molecular complexity index is 317. The average Bonchev–Trinajstić information content (AvgIpc) is 2.50. The summed E-state index contributed by atoms with van der Waals surface area (Å²) >= 11 is 0. The van der Waals surface area contributed by atoms with Gasteiger partial charge in [-0.2, -0.15) is 5.21 Å². The van der Waals surface area contributed by atoms with Crippen molar-refractivity contribution in [2.75, 3.05) is 0 Å². The summed E-state index contributed by atoms with van der Waals surface area (Å²) in [5.74, 6) is 3.23. The molecular formula is C4H6N6O2. The highest BCUT2D eigenvalue weighted by Gasteiger charge is 2.18. The molecular weight excluding hydrogens is 164 g/mol. The minimum absolute atomic E-state index is 0.218. The second kappa shape index (κ2) is 2.96. The molecule has 0 saturated carbocycles. The third kappa shape index (κ3) is 1.22. The van der Waals surface area contributed by atoms with E-state index in [0.29, 0.717) is 0 Å². The number of nitrogens with two attached hydrogens (primary N) is 2. The number of rotatable bonds is 2. The number of nitrogen functional groups attached to an aromatic ring is 1. The fraction of sp³-hybridized carbons (Fsp3) is 0. The number of nitrogens with zero attached hydrogens (tertiary/aromatic N) is 2. The van der Waals surface area contributed by atoms with E-state index in [-0.39, 0.29) is 11.4 Å². The zero-order chi connectivity index (χ0) is 9.14. The lowest BCUT2D eigenvalue weighted by Crippen LogP contribution is -2.32. The molecule has 0 unspecified atom stereocenters. The van der Waals surface area contributed by atoms with E-state index in [1.165, 1.54) is 0 Å². The number of primary amides is 1. The Kier molecular flexibility index (Phi) is 2.01. The molecule has 0 aliphatic carbocycles. The van der Waals surface area contributed by atoms with Crippen LogP contribution in [-0.2, 0) is 0 Å². The van der Waals surface area contributed by atoms with Gasteiger partial charge in [0.25, 0.3) is 11.8 Å². The van der Waals surface area contributed by atoms with Crippen molar-refractivity contribution in [2.24, 2.45) is 11.6 Å². The summed E-state index contributed by atoms with van der Waals surface area (Å²) in [4.78, 5) is 21.4. The van der Waals surface area contributed by atoms with Gasteiger partial charge in [-0.25, -0.2) is 5.84 Å². The molecule has 0 fully saturated rings. The Balaban J connectivity index is 3.07. The van der Waals surface area contributed by atoms with Crippen LogP contribution in [0.5, 0.6) is 0 Å². The van der Waals surface area contributed by atoms with Crippen molar-refractivity contribution in [3.05, 3.63) is 11.4 Å². The lowest BCUT2D eigenvalue weighted by Gasteiger charge is -1.93. The van der Waals surface area contributed by atoms with Gasteiger partial charge in [0.05, 0.1) is 0 Å². The lowest BCUT2D eigenvalue weighted by atomic mass is 10.3. The molecule has 0 saturated heterocycles. The minimum Gasteiger partial charge on any atom is -0.364 e. The van der Waals surface area contributed by atoms with Crippen molar-refractivity contribution in [3.63, 3.8) is 0 Å². The molecule has 2 amide bonds. The molecule has 1 aromatic heterocycles. The minimum atomic E-state index is -0.845. The van der Waals surface area contributed by atoms with E-state index >= 15 is 0 Å². The van der Waals surface area contributed by atoms with Gasteiger partial charge in [-0.1, -0.05) is 0 Å². The quantitative estimate of drug-likeness (QED) is 0.221. The number of nitrogens with one attached hydrogen (secondary N) is 2. The van der Waals surface area contributed by atoms with E-state index in [9.17, 15) is 9.59 Å². The highest BCUT2D eigenvalue weighted by atomic mass is 16.2. The summed E-state index contributed by atoms with van der Waals surface area (Å²) in [6, 6.07) is 0. The maximum absolute atomic E-state index is 10.8. The molecule has 0 atom stereocenters. The van der Waals surface area contributed by atoms with Gasteiger partial charge in [-0.15, -0.1) is 10.2 Å². The topological polar surface area (TPSA) is 140 Å². The zero-order valence-electron chi connectivity index (χ0n) is 5.87. The van der Waals surface area contributed by atoms with E-state index in [4.69, 9.17) is 11.6 Å². The van der Waals surface area contributed by atoms with Gasteiger partial charge < -0.3 is 5.73 Å². The number of H-pyrrole nitrogens is 1. The number of hydrogen-bond donors (Lipinski definition) is 4. The normalized spacial score (nSPS) is 9.42.